The molecule has 90 valence electrons. The van der Waals surface area contributed by atoms with Gasteiger partial charge in [0, 0.05) is 25.8 Å². The van der Waals surface area contributed by atoms with Gasteiger partial charge in [0.2, 0.25) is 0 Å². The second-order valence-electron chi connectivity index (χ2n) is 4.49. The van der Waals surface area contributed by atoms with E-state index in [2.05, 4.69) is 48.5 Å². The molecular weight excluding hydrogens is 210 g/mol. The van der Waals surface area contributed by atoms with Gasteiger partial charge in [-0.2, -0.15) is 5.10 Å². The van der Waals surface area contributed by atoms with Crippen LogP contribution in [0.2, 0.25) is 0 Å². The van der Waals surface area contributed by atoms with E-state index in [0.717, 1.165) is 12.2 Å². The summed E-state index contributed by atoms with van der Waals surface area (Å²) in [6.45, 7) is 5.08. The minimum Gasteiger partial charge on any atom is -0.304 e. The fraction of sp³-hybridized carbons (Fsp3) is 0.357. The highest BCUT2D eigenvalue weighted by Gasteiger charge is 2.05. The van der Waals surface area contributed by atoms with Crippen LogP contribution in [-0.2, 0) is 13.6 Å². The molecule has 0 bridgehead atoms. The minimum atomic E-state index is 0.345. The molecule has 1 aromatic carbocycles. The molecule has 2 aromatic rings. The molecule has 0 fully saturated rings. The molecule has 0 radical (unpaired) electrons. The number of nitrogens with zero attached hydrogens (tertiary/aromatic N) is 2. The van der Waals surface area contributed by atoms with Gasteiger partial charge in [0.1, 0.15) is 0 Å². The molecule has 2 rings (SSSR count). The number of hydrogen-bond donors (Lipinski definition) is 1. The first-order valence-corrected chi connectivity index (χ1v) is 5.93. The Hall–Kier alpha value is -1.61. The molecule has 1 heterocycles. The second kappa shape index (κ2) is 5.15. The summed E-state index contributed by atoms with van der Waals surface area (Å²) in [4.78, 5) is 0. The highest BCUT2D eigenvalue weighted by molar-refractivity contribution is 5.23. The normalized spacial score (nSPS) is 12.6. The second-order valence-corrected chi connectivity index (χ2v) is 4.49. The highest BCUT2D eigenvalue weighted by Crippen LogP contribution is 2.13. The number of aryl methyl sites for hydroxylation is 2. The topological polar surface area (TPSA) is 29.9 Å². The summed E-state index contributed by atoms with van der Waals surface area (Å²) >= 11 is 0. The van der Waals surface area contributed by atoms with Crippen LogP contribution >= 0.6 is 0 Å². The Morgan fingerprint density at radius 1 is 1.24 bits per heavy atom. The summed E-state index contributed by atoms with van der Waals surface area (Å²) in [7, 11) is 1.94. The SMILES string of the molecule is Cc1ccc([C@H](C)NCc2ccn(C)n2)cc1. The van der Waals surface area contributed by atoms with E-state index < -0.39 is 0 Å². The Kier molecular flexibility index (Phi) is 3.59. The smallest absolute Gasteiger partial charge is 0.0762 e. The maximum atomic E-state index is 4.34. The van der Waals surface area contributed by atoms with E-state index in [1.54, 1.807) is 0 Å². The van der Waals surface area contributed by atoms with Crippen LogP contribution in [0, 0.1) is 6.92 Å². The van der Waals surface area contributed by atoms with Gasteiger partial charge in [-0.1, -0.05) is 29.8 Å². The van der Waals surface area contributed by atoms with Gasteiger partial charge in [-0.05, 0) is 25.5 Å². The first-order chi connectivity index (χ1) is 8.15. The van der Waals surface area contributed by atoms with E-state index in [1.807, 2.05) is 24.0 Å². The van der Waals surface area contributed by atoms with Crippen LogP contribution in [0.15, 0.2) is 36.5 Å². The van der Waals surface area contributed by atoms with Gasteiger partial charge in [0.15, 0.2) is 0 Å². The van der Waals surface area contributed by atoms with Crippen molar-refractivity contribution in [3.63, 3.8) is 0 Å². The van der Waals surface area contributed by atoms with E-state index in [1.165, 1.54) is 11.1 Å². The van der Waals surface area contributed by atoms with Crippen LogP contribution < -0.4 is 5.32 Å². The number of hydrogen-bond acceptors (Lipinski definition) is 2. The van der Waals surface area contributed by atoms with Crippen LogP contribution in [-0.4, -0.2) is 9.78 Å². The molecule has 1 N–H and O–H groups in total. The van der Waals surface area contributed by atoms with E-state index in [0.29, 0.717) is 6.04 Å². The summed E-state index contributed by atoms with van der Waals surface area (Å²) < 4.78 is 1.83. The van der Waals surface area contributed by atoms with Gasteiger partial charge >= 0.3 is 0 Å². The number of aromatic nitrogens is 2. The molecule has 3 heteroatoms. The predicted octanol–water partition coefficient (Wildman–Crippen LogP) is 2.58. The van der Waals surface area contributed by atoms with Crippen LogP contribution in [0.5, 0.6) is 0 Å². The van der Waals surface area contributed by atoms with Crippen LogP contribution in [0.25, 0.3) is 0 Å². The average molecular weight is 229 g/mol. The van der Waals surface area contributed by atoms with Gasteiger partial charge < -0.3 is 5.32 Å². The molecule has 0 saturated heterocycles. The molecular formula is C14H19N3. The van der Waals surface area contributed by atoms with Gasteiger partial charge in [0.25, 0.3) is 0 Å². The Labute approximate surface area is 102 Å². The molecule has 0 amide bonds. The molecule has 0 aliphatic heterocycles. The lowest BCUT2D eigenvalue weighted by Crippen LogP contribution is -2.18. The third-order valence-electron chi connectivity index (χ3n) is 2.94. The lowest BCUT2D eigenvalue weighted by atomic mass is 10.1. The standard InChI is InChI=1S/C14H19N3/c1-11-4-6-13(7-5-11)12(2)15-10-14-8-9-17(3)16-14/h4-9,12,15H,10H2,1-3H3/t12-/m0/s1. The molecule has 0 saturated carbocycles. The molecule has 3 nitrogen and oxygen atoms in total. The lowest BCUT2D eigenvalue weighted by Gasteiger charge is -2.13. The molecule has 1 aromatic heterocycles. The van der Waals surface area contributed by atoms with Crippen molar-refractivity contribution in [1.82, 2.24) is 15.1 Å². The molecule has 0 aliphatic carbocycles. The monoisotopic (exact) mass is 229 g/mol. The zero-order valence-electron chi connectivity index (χ0n) is 10.6. The number of nitrogens with one attached hydrogen (secondary N) is 1. The van der Waals surface area contributed by atoms with E-state index >= 15 is 0 Å². The Bertz CT molecular complexity index is 470. The largest absolute Gasteiger partial charge is 0.304 e. The average Bonchev–Trinajstić information content (AvgIpc) is 2.73. The van der Waals surface area contributed by atoms with Crippen molar-refractivity contribution < 1.29 is 0 Å². The van der Waals surface area contributed by atoms with Gasteiger partial charge in [-0.25, -0.2) is 0 Å². The van der Waals surface area contributed by atoms with Crippen molar-refractivity contribution in [2.45, 2.75) is 26.4 Å². The maximum absolute atomic E-state index is 4.34. The molecule has 0 unspecified atom stereocenters. The first-order valence-electron chi connectivity index (χ1n) is 5.93. The van der Waals surface area contributed by atoms with Crippen molar-refractivity contribution in [2.24, 2.45) is 7.05 Å². The van der Waals surface area contributed by atoms with Crippen molar-refractivity contribution in [3.8, 4) is 0 Å². The zero-order chi connectivity index (χ0) is 12.3. The lowest BCUT2D eigenvalue weighted by molar-refractivity contribution is 0.562. The molecule has 17 heavy (non-hydrogen) atoms. The zero-order valence-corrected chi connectivity index (χ0v) is 10.6. The summed E-state index contributed by atoms with van der Waals surface area (Å²) in [5, 5.41) is 7.82. The molecule has 0 aliphatic rings. The van der Waals surface area contributed by atoms with Gasteiger partial charge in [0.05, 0.1) is 5.69 Å². The van der Waals surface area contributed by atoms with Gasteiger partial charge in [-0.15, -0.1) is 0 Å². The van der Waals surface area contributed by atoms with Crippen molar-refractivity contribution in [1.29, 1.82) is 0 Å². The van der Waals surface area contributed by atoms with E-state index in [4.69, 9.17) is 0 Å². The van der Waals surface area contributed by atoms with Crippen molar-refractivity contribution >= 4 is 0 Å². The predicted molar refractivity (Wildman–Crippen MR) is 69.6 cm³/mol. The molecule has 0 spiro atoms. The van der Waals surface area contributed by atoms with Gasteiger partial charge in [-0.3, -0.25) is 4.68 Å². The Morgan fingerprint density at radius 3 is 2.53 bits per heavy atom. The summed E-state index contributed by atoms with van der Waals surface area (Å²) in [5.41, 5.74) is 3.68. The number of benzene rings is 1. The summed E-state index contributed by atoms with van der Waals surface area (Å²) in [5.74, 6) is 0. The maximum Gasteiger partial charge on any atom is 0.0762 e. The van der Waals surface area contributed by atoms with E-state index in [9.17, 15) is 0 Å². The molecule has 1 atom stereocenters. The quantitative estimate of drug-likeness (QED) is 0.873. The third-order valence-corrected chi connectivity index (χ3v) is 2.94. The first kappa shape index (κ1) is 11.9. The van der Waals surface area contributed by atoms with Crippen molar-refractivity contribution in [3.05, 3.63) is 53.3 Å². The van der Waals surface area contributed by atoms with Crippen LogP contribution in [0.3, 0.4) is 0 Å². The van der Waals surface area contributed by atoms with Crippen LogP contribution in [0.1, 0.15) is 29.8 Å². The summed E-state index contributed by atoms with van der Waals surface area (Å²) in [6.07, 6.45) is 1.97. The van der Waals surface area contributed by atoms with Crippen LogP contribution in [0.4, 0.5) is 0 Å². The van der Waals surface area contributed by atoms with Crippen molar-refractivity contribution in [2.75, 3.05) is 0 Å². The third kappa shape index (κ3) is 3.17. The minimum absolute atomic E-state index is 0.345. The summed E-state index contributed by atoms with van der Waals surface area (Å²) in [6, 6.07) is 11.0. The Morgan fingerprint density at radius 2 is 1.94 bits per heavy atom. The van der Waals surface area contributed by atoms with E-state index in [-0.39, 0.29) is 0 Å². The fourth-order valence-corrected chi connectivity index (χ4v) is 1.79. The highest BCUT2D eigenvalue weighted by atomic mass is 15.3. The fourth-order valence-electron chi connectivity index (χ4n) is 1.79. The number of rotatable bonds is 4. The Balaban J connectivity index is 1.93.